The van der Waals surface area contributed by atoms with Crippen molar-refractivity contribution in [3.05, 3.63) is 58.6 Å². The van der Waals surface area contributed by atoms with E-state index in [-0.39, 0.29) is 31.1 Å². The van der Waals surface area contributed by atoms with E-state index < -0.39 is 64.8 Å². The zero-order valence-electron chi connectivity index (χ0n) is 17.8. The number of nitrogens with one attached hydrogen (secondary N) is 1. The fraction of sp³-hybridized carbons (Fsp3) is 0.455. The van der Waals surface area contributed by atoms with Crippen LogP contribution in [0.3, 0.4) is 0 Å². The van der Waals surface area contributed by atoms with Crippen LogP contribution in [0, 0.1) is 17.6 Å². The van der Waals surface area contributed by atoms with Gasteiger partial charge < -0.3 is 9.47 Å². The van der Waals surface area contributed by atoms with Gasteiger partial charge in [-0.3, -0.25) is 0 Å². The number of sulfonamides is 1. The lowest BCUT2D eigenvalue weighted by atomic mass is 9.76. The zero-order valence-corrected chi connectivity index (χ0v) is 20.2. The monoisotopic (exact) mass is 533 g/mol. The van der Waals surface area contributed by atoms with E-state index in [4.69, 9.17) is 21.1 Å². The lowest BCUT2D eigenvalue weighted by Gasteiger charge is -2.50. The Hall–Kier alpha value is -1.79. The summed E-state index contributed by atoms with van der Waals surface area (Å²) in [7, 11) is -7.93. The standard InChI is InChI=1S/C22H22ClF2NO6S2/c23-13-1-3-14(4-2-13)33(27,28)22-9-10-31-19(11-26-34(29,30)15-5-6-15)16(22)12-32-21-18(25)8-7-17(24)20(21)22/h1-4,7-8,15-16,19,26H,5-6,9-12H2/t16-,19-,22-/m0/s1. The molecule has 12 heteroatoms. The summed E-state index contributed by atoms with van der Waals surface area (Å²) in [4.78, 5) is -0.113. The second-order valence-corrected chi connectivity index (χ2v) is 13.4. The van der Waals surface area contributed by atoms with Crippen molar-refractivity contribution in [2.75, 3.05) is 19.8 Å². The van der Waals surface area contributed by atoms with E-state index in [0.29, 0.717) is 17.9 Å². The van der Waals surface area contributed by atoms with Gasteiger partial charge in [-0.25, -0.2) is 30.3 Å². The third-order valence-electron chi connectivity index (χ3n) is 6.79. The van der Waals surface area contributed by atoms with E-state index in [1.807, 2.05) is 0 Å². The minimum Gasteiger partial charge on any atom is -0.490 e. The molecule has 0 bridgehead atoms. The summed E-state index contributed by atoms with van der Waals surface area (Å²) in [5.41, 5.74) is -0.392. The minimum atomic E-state index is -4.35. The summed E-state index contributed by atoms with van der Waals surface area (Å²) < 4.78 is 95.0. The molecular formula is C22H22ClF2NO6S2. The summed E-state index contributed by atoms with van der Waals surface area (Å²) in [5.74, 6) is -3.25. The van der Waals surface area contributed by atoms with Gasteiger partial charge >= 0.3 is 0 Å². The van der Waals surface area contributed by atoms with E-state index in [1.54, 1.807) is 0 Å². The minimum absolute atomic E-state index is 0.103. The van der Waals surface area contributed by atoms with E-state index in [2.05, 4.69) is 4.72 Å². The maximum atomic E-state index is 15.3. The van der Waals surface area contributed by atoms with Gasteiger partial charge in [0, 0.05) is 24.1 Å². The lowest BCUT2D eigenvalue weighted by molar-refractivity contribution is -0.0688. The second-order valence-electron chi connectivity index (χ2n) is 8.75. The number of hydrogen-bond acceptors (Lipinski definition) is 6. The van der Waals surface area contributed by atoms with Crippen LogP contribution in [0.4, 0.5) is 8.78 Å². The van der Waals surface area contributed by atoms with Gasteiger partial charge in [-0.1, -0.05) is 11.6 Å². The van der Waals surface area contributed by atoms with E-state index in [1.165, 1.54) is 24.3 Å². The van der Waals surface area contributed by atoms with Gasteiger partial charge in [0.25, 0.3) is 0 Å². The molecule has 1 aliphatic carbocycles. The van der Waals surface area contributed by atoms with Crippen LogP contribution < -0.4 is 9.46 Å². The molecule has 0 spiro atoms. The SMILES string of the molecule is O=S(=O)(NC[C@@H]1OCC[C@@]2(S(=O)(=O)c3ccc(Cl)cc3)c3c(F)ccc(F)c3OC[C@@H]12)C1CC1. The van der Waals surface area contributed by atoms with Gasteiger partial charge in [0.2, 0.25) is 10.0 Å². The molecule has 3 atom stereocenters. The van der Waals surface area contributed by atoms with Crippen molar-refractivity contribution in [2.45, 2.75) is 40.3 Å². The first kappa shape index (κ1) is 23.9. The normalized spacial score (nSPS) is 26.9. The molecule has 2 aliphatic heterocycles. The molecular weight excluding hydrogens is 512 g/mol. The average molecular weight is 534 g/mol. The summed E-state index contributed by atoms with van der Waals surface area (Å²) in [5, 5.41) is -0.162. The first-order chi connectivity index (χ1) is 16.1. The first-order valence-electron chi connectivity index (χ1n) is 10.8. The Balaban J connectivity index is 1.65. The molecule has 0 amide bonds. The van der Waals surface area contributed by atoms with E-state index >= 15 is 4.39 Å². The van der Waals surface area contributed by atoms with Crippen molar-refractivity contribution in [2.24, 2.45) is 5.92 Å². The van der Waals surface area contributed by atoms with Crippen LogP contribution in [0.25, 0.3) is 0 Å². The summed E-state index contributed by atoms with van der Waals surface area (Å²) in [6.07, 6.45) is 0.00563. The molecule has 34 heavy (non-hydrogen) atoms. The fourth-order valence-electron chi connectivity index (χ4n) is 4.95. The highest BCUT2D eigenvalue weighted by Crippen LogP contribution is 2.55. The number of rotatable bonds is 6. The highest BCUT2D eigenvalue weighted by Gasteiger charge is 2.61. The molecule has 5 rings (SSSR count). The predicted molar refractivity (Wildman–Crippen MR) is 120 cm³/mol. The number of halogens is 3. The van der Waals surface area contributed by atoms with Gasteiger partial charge in [0.05, 0.1) is 28.4 Å². The van der Waals surface area contributed by atoms with Crippen LogP contribution in [-0.2, 0) is 29.3 Å². The molecule has 3 aliphatic rings. The largest absolute Gasteiger partial charge is 0.490 e. The predicted octanol–water partition coefficient (Wildman–Crippen LogP) is 3.17. The maximum Gasteiger partial charge on any atom is 0.214 e. The molecule has 2 heterocycles. The van der Waals surface area contributed by atoms with Crippen molar-refractivity contribution >= 4 is 31.5 Å². The van der Waals surface area contributed by atoms with Gasteiger partial charge in [-0.15, -0.1) is 0 Å². The topological polar surface area (TPSA) is 98.8 Å². The van der Waals surface area contributed by atoms with Gasteiger partial charge in [-0.05, 0) is 55.7 Å². The second kappa shape index (κ2) is 8.41. The molecule has 2 aromatic carbocycles. The van der Waals surface area contributed by atoms with Crippen LogP contribution in [0.5, 0.6) is 5.75 Å². The summed E-state index contributed by atoms with van der Waals surface area (Å²) >= 11 is 5.94. The van der Waals surface area contributed by atoms with Crippen LogP contribution in [0.2, 0.25) is 5.02 Å². The van der Waals surface area contributed by atoms with Gasteiger partial charge in [0.15, 0.2) is 21.4 Å². The molecule has 0 unspecified atom stereocenters. The molecule has 0 aromatic heterocycles. The quantitative estimate of drug-likeness (QED) is 0.612. The Morgan fingerprint density at radius 2 is 1.71 bits per heavy atom. The van der Waals surface area contributed by atoms with Gasteiger partial charge in [0.1, 0.15) is 10.6 Å². The molecule has 1 saturated carbocycles. The molecule has 1 saturated heterocycles. The maximum absolute atomic E-state index is 15.3. The van der Waals surface area contributed by atoms with E-state index in [9.17, 15) is 21.2 Å². The number of benzene rings is 2. The Kier molecular flexibility index (Phi) is 5.92. The fourth-order valence-corrected chi connectivity index (χ4v) is 8.80. The Morgan fingerprint density at radius 1 is 1.03 bits per heavy atom. The molecule has 0 radical (unpaired) electrons. The smallest absolute Gasteiger partial charge is 0.214 e. The van der Waals surface area contributed by atoms with Crippen LogP contribution >= 0.6 is 11.6 Å². The molecule has 2 fully saturated rings. The third kappa shape index (κ3) is 3.72. The molecule has 2 aromatic rings. The van der Waals surface area contributed by atoms with E-state index in [0.717, 1.165) is 12.1 Å². The van der Waals surface area contributed by atoms with Crippen molar-refractivity contribution in [1.82, 2.24) is 4.72 Å². The van der Waals surface area contributed by atoms with Crippen LogP contribution in [0.1, 0.15) is 24.8 Å². The number of hydrogen-bond donors (Lipinski definition) is 1. The van der Waals surface area contributed by atoms with Crippen molar-refractivity contribution in [3.63, 3.8) is 0 Å². The summed E-state index contributed by atoms with van der Waals surface area (Å²) in [6, 6.07) is 7.20. The Labute approximate surface area is 201 Å². The lowest BCUT2D eigenvalue weighted by Crippen LogP contribution is -2.59. The number of sulfone groups is 1. The van der Waals surface area contributed by atoms with Gasteiger partial charge in [-0.2, -0.15) is 0 Å². The Bertz CT molecular complexity index is 1330. The van der Waals surface area contributed by atoms with Crippen molar-refractivity contribution in [1.29, 1.82) is 0 Å². The van der Waals surface area contributed by atoms with Crippen LogP contribution in [-0.4, -0.2) is 47.9 Å². The molecule has 1 N–H and O–H groups in total. The highest BCUT2D eigenvalue weighted by atomic mass is 35.5. The third-order valence-corrected chi connectivity index (χ3v) is 11.5. The molecule has 7 nitrogen and oxygen atoms in total. The van der Waals surface area contributed by atoms with Crippen LogP contribution in [0.15, 0.2) is 41.3 Å². The summed E-state index contributed by atoms with van der Waals surface area (Å²) in [6.45, 7) is -0.610. The molecule has 184 valence electrons. The van der Waals surface area contributed by atoms with Crippen molar-refractivity contribution < 1.29 is 35.1 Å². The Morgan fingerprint density at radius 3 is 2.38 bits per heavy atom. The highest BCUT2D eigenvalue weighted by molar-refractivity contribution is 7.92. The number of fused-ring (bicyclic) bond motifs is 3. The zero-order chi connectivity index (χ0) is 24.3. The first-order valence-corrected chi connectivity index (χ1v) is 14.2. The average Bonchev–Trinajstić information content (AvgIpc) is 3.66. The van der Waals surface area contributed by atoms with Crippen molar-refractivity contribution in [3.8, 4) is 5.75 Å². The number of ether oxygens (including phenoxy) is 2.